The minimum absolute atomic E-state index is 0.636. The van der Waals surface area contributed by atoms with Crippen LogP contribution < -0.4 is 15.2 Å². The van der Waals surface area contributed by atoms with E-state index in [2.05, 4.69) is 0 Å². The van der Waals surface area contributed by atoms with Crippen LogP contribution >= 0.6 is 0 Å². The molecular weight excluding hydrogens is 226 g/mol. The van der Waals surface area contributed by atoms with Crippen LogP contribution in [0.3, 0.4) is 0 Å². The molecule has 2 aromatic carbocycles. The number of ether oxygens (including phenoxy) is 2. The molecule has 18 heavy (non-hydrogen) atoms. The van der Waals surface area contributed by atoms with Gasteiger partial charge in [0.2, 0.25) is 0 Å². The standard InChI is InChI=1S/C15H17NO2/c1-17-14-3-2-4-15(11-14)18-10-9-12-5-7-13(16)8-6-12/h2-8,11H,9-10,16H2,1H3. The van der Waals surface area contributed by atoms with Gasteiger partial charge in [-0.3, -0.25) is 0 Å². The van der Waals surface area contributed by atoms with Crippen LogP contribution in [0.2, 0.25) is 0 Å². The lowest BCUT2D eigenvalue weighted by molar-refractivity contribution is 0.319. The summed E-state index contributed by atoms with van der Waals surface area (Å²) in [6, 6.07) is 15.5. The lowest BCUT2D eigenvalue weighted by Gasteiger charge is -2.07. The third-order valence-electron chi connectivity index (χ3n) is 2.68. The Morgan fingerprint density at radius 3 is 2.44 bits per heavy atom. The minimum atomic E-state index is 0.636. The second-order valence-electron chi connectivity index (χ2n) is 4.02. The molecule has 0 aliphatic heterocycles. The van der Waals surface area contributed by atoms with Crippen LogP contribution in [0.15, 0.2) is 48.5 Å². The molecule has 94 valence electrons. The Labute approximate surface area is 107 Å². The Morgan fingerprint density at radius 1 is 1.00 bits per heavy atom. The van der Waals surface area contributed by atoms with Gasteiger partial charge in [-0.1, -0.05) is 18.2 Å². The van der Waals surface area contributed by atoms with Gasteiger partial charge in [0.05, 0.1) is 13.7 Å². The van der Waals surface area contributed by atoms with E-state index in [0.717, 1.165) is 23.6 Å². The maximum atomic E-state index is 5.67. The third kappa shape index (κ3) is 3.42. The monoisotopic (exact) mass is 243 g/mol. The van der Waals surface area contributed by atoms with E-state index in [-0.39, 0.29) is 0 Å². The lowest BCUT2D eigenvalue weighted by Crippen LogP contribution is -2.01. The summed E-state index contributed by atoms with van der Waals surface area (Å²) in [5, 5.41) is 0. The van der Waals surface area contributed by atoms with Gasteiger partial charge < -0.3 is 15.2 Å². The number of nitrogens with two attached hydrogens (primary N) is 1. The van der Waals surface area contributed by atoms with Crippen LogP contribution in [0.25, 0.3) is 0 Å². The normalized spacial score (nSPS) is 10.1. The van der Waals surface area contributed by atoms with E-state index in [0.29, 0.717) is 6.61 Å². The largest absolute Gasteiger partial charge is 0.497 e. The quantitative estimate of drug-likeness (QED) is 0.821. The van der Waals surface area contributed by atoms with Crippen molar-refractivity contribution in [2.75, 3.05) is 19.5 Å². The molecule has 0 spiro atoms. The first kappa shape index (κ1) is 12.3. The van der Waals surface area contributed by atoms with Crippen LogP contribution in [-0.4, -0.2) is 13.7 Å². The van der Waals surface area contributed by atoms with Crippen molar-refractivity contribution in [3.05, 3.63) is 54.1 Å². The SMILES string of the molecule is COc1cccc(OCCc2ccc(N)cc2)c1. The molecule has 0 radical (unpaired) electrons. The number of hydrogen-bond acceptors (Lipinski definition) is 3. The molecular formula is C15H17NO2. The lowest BCUT2D eigenvalue weighted by atomic mass is 10.1. The smallest absolute Gasteiger partial charge is 0.122 e. The molecule has 3 heteroatoms. The first-order valence-electron chi connectivity index (χ1n) is 5.89. The van der Waals surface area contributed by atoms with Gasteiger partial charge in [0.15, 0.2) is 0 Å². The number of hydrogen-bond donors (Lipinski definition) is 1. The summed E-state index contributed by atoms with van der Waals surface area (Å²) >= 11 is 0. The average molecular weight is 243 g/mol. The molecule has 0 bridgehead atoms. The van der Waals surface area contributed by atoms with Crippen molar-refractivity contribution < 1.29 is 9.47 Å². The van der Waals surface area contributed by atoms with E-state index in [1.165, 1.54) is 5.56 Å². The van der Waals surface area contributed by atoms with E-state index in [9.17, 15) is 0 Å². The maximum Gasteiger partial charge on any atom is 0.122 e. The average Bonchev–Trinajstić information content (AvgIpc) is 2.41. The van der Waals surface area contributed by atoms with Gasteiger partial charge >= 0.3 is 0 Å². The Morgan fingerprint density at radius 2 is 1.72 bits per heavy atom. The highest BCUT2D eigenvalue weighted by Crippen LogP contribution is 2.19. The summed E-state index contributed by atoms with van der Waals surface area (Å²) in [5.41, 5.74) is 7.63. The fourth-order valence-corrected chi connectivity index (χ4v) is 1.66. The van der Waals surface area contributed by atoms with Crippen LogP contribution in [-0.2, 0) is 6.42 Å². The van der Waals surface area contributed by atoms with Crippen molar-refractivity contribution in [3.8, 4) is 11.5 Å². The van der Waals surface area contributed by atoms with Crippen molar-refractivity contribution in [3.63, 3.8) is 0 Å². The summed E-state index contributed by atoms with van der Waals surface area (Å²) < 4.78 is 10.8. The Bertz CT molecular complexity index is 494. The minimum Gasteiger partial charge on any atom is -0.497 e. The van der Waals surface area contributed by atoms with E-state index in [4.69, 9.17) is 15.2 Å². The van der Waals surface area contributed by atoms with Crippen molar-refractivity contribution in [2.45, 2.75) is 6.42 Å². The van der Waals surface area contributed by atoms with Gasteiger partial charge in [-0.2, -0.15) is 0 Å². The highest BCUT2D eigenvalue weighted by Gasteiger charge is 1.97. The fourth-order valence-electron chi connectivity index (χ4n) is 1.66. The highest BCUT2D eigenvalue weighted by atomic mass is 16.5. The topological polar surface area (TPSA) is 44.5 Å². The van der Waals surface area contributed by atoms with Crippen molar-refractivity contribution >= 4 is 5.69 Å². The highest BCUT2D eigenvalue weighted by molar-refractivity contribution is 5.39. The molecule has 0 aliphatic carbocycles. The van der Waals surface area contributed by atoms with Gasteiger partial charge in [-0.05, 0) is 29.8 Å². The molecule has 2 N–H and O–H groups in total. The molecule has 2 rings (SSSR count). The molecule has 3 nitrogen and oxygen atoms in total. The molecule has 0 aromatic heterocycles. The third-order valence-corrected chi connectivity index (χ3v) is 2.68. The van der Waals surface area contributed by atoms with Crippen molar-refractivity contribution in [1.82, 2.24) is 0 Å². The Balaban J connectivity index is 1.86. The predicted octanol–water partition coefficient (Wildman–Crippen LogP) is 2.90. The Kier molecular flexibility index (Phi) is 4.07. The molecule has 0 atom stereocenters. The molecule has 0 saturated heterocycles. The fraction of sp³-hybridized carbons (Fsp3) is 0.200. The number of nitrogen functional groups attached to an aromatic ring is 1. The number of anilines is 1. The zero-order valence-corrected chi connectivity index (χ0v) is 10.4. The zero-order valence-electron chi connectivity index (χ0n) is 10.4. The van der Waals surface area contributed by atoms with Crippen LogP contribution in [0.1, 0.15) is 5.56 Å². The number of benzene rings is 2. The molecule has 0 heterocycles. The molecule has 0 amide bonds. The molecule has 0 saturated carbocycles. The number of methoxy groups -OCH3 is 1. The van der Waals surface area contributed by atoms with E-state index in [1.54, 1.807) is 7.11 Å². The summed E-state index contributed by atoms with van der Waals surface area (Å²) in [7, 11) is 1.65. The summed E-state index contributed by atoms with van der Waals surface area (Å²) in [4.78, 5) is 0. The van der Waals surface area contributed by atoms with E-state index >= 15 is 0 Å². The zero-order chi connectivity index (χ0) is 12.8. The van der Waals surface area contributed by atoms with Gasteiger partial charge in [0.1, 0.15) is 11.5 Å². The molecule has 2 aromatic rings. The molecule has 0 unspecified atom stereocenters. The molecule has 0 fully saturated rings. The maximum absolute atomic E-state index is 5.67. The first-order chi connectivity index (χ1) is 8.78. The summed E-state index contributed by atoms with van der Waals surface area (Å²) in [6.45, 7) is 0.636. The van der Waals surface area contributed by atoms with Crippen LogP contribution in [0.4, 0.5) is 5.69 Å². The summed E-state index contributed by atoms with van der Waals surface area (Å²) in [6.07, 6.45) is 0.859. The van der Waals surface area contributed by atoms with Crippen LogP contribution in [0.5, 0.6) is 11.5 Å². The van der Waals surface area contributed by atoms with Gasteiger partial charge in [0, 0.05) is 18.2 Å². The van der Waals surface area contributed by atoms with Gasteiger partial charge in [0.25, 0.3) is 0 Å². The van der Waals surface area contributed by atoms with Gasteiger partial charge in [-0.15, -0.1) is 0 Å². The molecule has 0 aliphatic rings. The summed E-state index contributed by atoms with van der Waals surface area (Å²) in [5.74, 6) is 1.63. The number of rotatable bonds is 5. The van der Waals surface area contributed by atoms with E-state index < -0.39 is 0 Å². The second kappa shape index (κ2) is 5.96. The van der Waals surface area contributed by atoms with E-state index in [1.807, 2.05) is 48.5 Å². The van der Waals surface area contributed by atoms with Crippen molar-refractivity contribution in [1.29, 1.82) is 0 Å². The van der Waals surface area contributed by atoms with Crippen LogP contribution in [0, 0.1) is 0 Å². The predicted molar refractivity (Wildman–Crippen MR) is 73.0 cm³/mol. The second-order valence-corrected chi connectivity index (χ2v) is 4.02. The van der Waals surface area contributed by atoms with Gasteiger partial charge in [-0.25, -0.2) is 0 Å². The van der Waals surface area contributed by atoms with Crippen molar-refractivity contribution in [2.24, 2.45) is 0 Å². The Hall–Kier alpha value is -2.16. The first-order valence-corrected chi connectivity index (χ1v) is 5.89.